The number of nitrogens with one attached hydrogen (secondary N) is 1. The summed E-state index contributed by atoms with van der Waals surface area (Å²) in [6.45, 7) is 2.05. The molecule has 164 valence electrons. The van der Waals surface area contributed by atoms with Gasteiger partial charge in [-0.3, -0.25) is 4.79 Å². The smallest absolute Gasteiger partial charge is 0.243 e. The Bertz CT molecular complexity index is 1100. The van der Waals surface area contributed by atoms with Gasteiger partial charge in [0.2, 0.25) is 15.9 Å². The Morgan fingerprint density at radius 2 is 1.90 bits per heavy atom. The van der Waals surface area contributed by atoms with Crippen LogP contribution in [-0.4, -0.2) is 31.8 Å². The molecule has 0 saturated carbocycles. The van der Waals surface area contributed by atoms with Crippen LogP contribution in [0.4, 0.5) is 0 Å². The molecular formula is C22H23ClN2O5S. The van der Waals surface area contributed by atoms with Crippen molar-refractivity contribution < 1.29 is 22.4 Å². The summed E-state index contributed by atoms with van der Waals surface area (Å²) in [6.07, 6.45) is 1.50. The number of nitrogens with zero attached hydrogens (tertiary/aromatic N) is 1. The van der Waals surface area contributed by atoms with Crippen LogP contribution in [0.25, 0.3) is 0 Å². The third-order valence-electron chi connectivity index (χ3n) is 4.40. The fourth-order valence-corrected chi connectivity index (χ4v) is 4.60. The van der Waals surface area contributed by atoms with Crippen LogP contribution in [0.2, 0.25) is 5.02 Å². The molecule has 3 rings (SSSR count). The standard InChI is InChI=1S/C22H23ClN2O5S/c1-2-29-21-11-10-19(13-20(21)23)31(27,28)25(15-17-7-4-3-5-8-17)16-22(26)24-14-18-9-6-12-30-18/h3-13H,2,14-16H2,1H3,(H,24,26). The van der Waals surface area contributed by atoms with Crippen LogP contribution >= 0.6 is 11.6 Å². The number of hydrogen-bond donors (Lipinski definition) is 1. The average molecular weight is 463 g/mol. The maximum absolute atomic E-state index is 13.4. The molecule has 0 aliphatic carbocycles. The quantitative estimate of drug-likeness (QED) is 0.494. The SMILES string of the molecule is CCOc1ccc(S(=O)(=O)N(CC(=O)NCc2ccco2)Cc2ccccc2)cc1Cl. The minimum atomic E-state index is -4.01. The zero-order valence-corrected chi connectivity index (χ0v) is 18.5. The number of ether oxygens (including phenoxy) is 1. The highest BCUT2D eigenvalue weighted by molar-refractivity contribution is 7.89. The Labute approximate surface area is 186 Å². The molecule has 0 aliphatic rings. The minimum absolute atomic E-state index is 0.0179. The molecule has 3 aromatic rings. The normalized spacial score (nSPS) is 11.5. The average Bonchev–Trinajstić information content (AvgIpc) is 3.28. The van der Waals surface area contributed by atoms with E-state index in [0.29, 0.717) is 18.1 Å². The van der Waals surface area contributed by atoms with Gasteiger partial charge in [0, 0.05) is 6.54 Å². The van der Waals surface area contributed by atoms with Gasteiger partial charge in [-0.15, -0.1) is 0 Å². The van der Waals surface area contributed by atoms with Gasteiger partial charge in [-0.2, -0.15) is 4.31 Å². The first kappa shape index (κ1) is 22.9. The number of hydrogen-bond acceptors (Lipinski definition) is 5. The van der Waals surface area contributed by atoms with E-state index in [1.54, 1.807) is 24.3 Å². The van der Waals surface area contributed by atoms with Crippen LogP contribution in [0.3, 0.4) is 0 Å². The van der Waals surface area contributed by atoms with Crippen molar-refractivity contribution in [3.05, 3.63) is 83.3 Å². The second kappa shape index (κ2) is 10.5. The van der Waals surface area contributed by atoms with Gasteiger partial charge in [-0.25, -0.2) is 8.42 Å². The number of sulfonamides is 1. The van der Waals surface area contributed by atoms with Gasteiger partial charge in [0.05, 0.1) is 35.9 Å². The lowest BCUT2D eigenvalue weighted by Gasteiger charge is -2.22. The van der Waals surface area contributed by atoms with E-state index >= 15 is 0 Å². The van der Waals surface area contributed by atoms with Gasteiger partial charge in [0.15, 0.2) is 0 Å². The molecule has 1 heterocycles. The summed E-state index contributed by atoms with van der Waals surface area (Å²) in [7, 11) is -4.01. The summed E-state index contributed by atoms with van der Waals surface area (Å²) in [5, 5.41) is 2.86. The highest BCUT2D eigenvalue weighted by Crippen LogP contribution is 2.29. The first-order chi connectivity index (χ1) is 14.9. The van der Waals surface area contributed by atoms with E-state index in [-0.39, 0.29) is 29.6 Å². The Balaban J connectivity index is 1.83. The first-order valence-corrected chi connectivity index (χ1v) is 11.5. The molecule has 0 aliphatic heterocycles. The number of carbonyl (C=O) groups is 1. The fourth-order valence-electron chi connectivity index (χ4n) is 2.89. The molecule has 0 bridgehead atoms. The molecule has 1 aromatic heterocycles. The van der Waals surface area contributed by atoms with E-state index in [0.717, 1.165) is 9.87 Å². The number of furan rings is 1. The van der Waals surface area contributed by atoms with Gasteiger partial charge in [-0.1, -0.05) is 41.9 Å². The predicted molar refractivity (Wildman–Crippen MR) is 117 cm³/mol. The molecule has 1 amide bonds. The molecular weight excluding hydrogens is 440 g/mol. The van der Waals surface area contributed by atoms with Gasteiger partial charge < -0.3 is 14.5 Å². The number of carbonyl (C=O) groups excluding carboxylic acids is 1. The number of rotatable bonds is 10. The molecule has 0 saturated heterocycles. The monoisotopic (exact) mass is 462 g/mol. The zero-order chi connectivity index (χ0) is 22.3. The molecule has 31 heavy (non-hydrogen) atoms. The Kier molecular flexibility index (Phi) is 7.73. The van der Waals surface area contributed by atoms with Crippen LogP contribution in [0.5, 0.6) is 5.75 Å². The Hall–Kier alpha value is -2.81. The van der Waals surface area contributed by atoms with Gasteiger partial charge in [0.25, 0.3) is 0 Å². The number of halogens is 1. The van der Waals surface area contributed by atoms with Crippen molar-refractivity contribution in [2.24, 2.45) is 0 Å². The summed E-state index contributed by atoms with van der Waals surface area (Å²) in [4.78, 5) is 12.5. The maximum Gasteiger partial charge on any atom is 0.243 e. The lowest BCUT2D eigenvalue weighted by molar-refractivity contribution is -0.121. The third kappa shape index (κ3) is 6.10. The second-order valence-electron chi connectivity index (χ2n) is 6.64. The van der Waals surface area contributed by atoms with Crippen molar-refractivity contribution >= 4 is 27.5 Å². The summed E-state index contributed by atoms with van der Waals surface area (Å²) < 4.78 is 38.4. The zero-order valence-electron chi connectivity index (χ0n) is 17.0. The molecule has 0 radical (unpaired) electrons. The van der Waals surface area contributed by atoms with Crippen molar-refractivity contribution in [2.45, 2.75) is 24.9 Å². The molecule has 0 spiro atoms. The summed E-state index contributed by atoms with van der Waals surface area (Å²) >= 11 is 6.19. The van der Waals surface area contributed by atoms with Crippen molar-refractivity contribution in [3.63, 3.8) is 0 Å². The maximum atomic E-state index is 13.4. The van der Waals surface area contributed by atoms with Gasteiger partial charge in [-0.05, 0) is 42.8 Å². The summed E-state index contributed by atoms with van der Waals surface area (Å²) in [6, 6.07) is 16.8. The van der Waals surface area contributed by atoms with E-state index < -0.39 is 15.9 Å². The number of amides is 1. The van der Waals surface area contributed by atoms with Crippen LogP contribution in [0.15, 0.2) is 76.2 Å². The second-order valence-corrected chi connectivity index (χ2v) is 8.99. The van der Waals surface area contributed by atoms with E-state index in [9.17, 15) is 13.2 Å². The molecule has 0 unspecified atom stereocenters. The number of benzene rings is 2. The van der Waals surface area contributed by atoms with Gasteiger partial charge >= 0.3 is 0 Å². The van der Waals surface area contributed by atoms with Gasteiger partial charge in [0.1, 0.15) is 11.5 Å². The van der Waals surface area contributed by atoms with Crippen molar-refractivity contribution in [3.8, 4) is 5.75 Å². The minimum Gasteiger partial charge on any atom is -0.492 e. The summed E-state index contributed by atoms with van der Waals surface area (Å²) in [5.41, 5.74) is 0.752. The van der Waals surface area contributed by atoms with E-state index in [4.69, 9.17) is 20.8 Å². The van der Waals surface area contributed by atoms with Crippen LogP contribution in [-0.2, 0) is 27.9 Å². The highest BCUT2D eigenvalue weighted by Gasteiger charge is 2.27. The molecule has 1 N–H and O–H groups in total. The lowest BCUT2D eigenvalue weighted by Crippen LogP contribution is -2.40. The third-order valence-corrected chi connectivity index (χ3v) is 6.49. The van der Waals surface area contributed by atoms with Crippen LogP contribution < -0.4 is 10.1 Å². The predicted octanol–water partition coefficient (Wildman–Crippen LogP) is 3.84. The summed E-state index contributed by atoms with van der Waals surface area (Å²) in [5.74, 6) is 0.519. The Morgan fingerprint density at radius 1 is 1.13 bits per heavy atom. The molecule has 0 fully saturated rings. The Morgan fingerprint density at radius 3 is 2.55 bits per heavy atom. The topological polar surface area (TPSA) is 88.9 Å². The van der Waals surface area contributed by atoms with E-state index in [1.165, 1.54) is 24.5 Å². The van der Waals surface area contributed by atoms with Crippen molar-refractivity contribution in [1.82, 2.24) is 9.62 Å². The fraction of sp³-hybridized carbons (Fsp3) is 0.227. The molecule has 2 aromatic carbocycles. The molecule has 9 heteroatoms. The highest BCUT2D eigenvalue weighted by atomic mass is 35.5. The van der Waals surface area contributed by atoms with Crippen molar-refractivity contribution in [2.75, 3.05) is 13.2 Å². The van der Waals surface area contributed by atoms with Crippen molar-refractivity contribution in [1.29, 1.82) is 0 Å². The molecule has 7 nitrogen and oxygen atoms in total. The lowest BCUT2D eigenvalue weighted by atomic mass is 10.2. The molecule has 0 atom stereocenters. The van der Waals surface area contributed by atoms with E-state index in [1.807, 2.05) is 25.1 Å². The van der Waals surface area contributed by atoms with Crippen LogP contribution in [0, 0.1) is 0 Å². The first-order valence-electron chi connectivity index (χ1n) is 9.65. The van der Waals surface area contributed by atoms with E-state index in [2.05, 4.69) is 5.32 Å². The van der Waals surface area contributed by atoms with Crippen LogP contribution in [0.1, 0.15) is 18.2 Å². The largest absolute Gasteiger partial charge is 0.492 e.